The molecule has 14 heavy (non-hydrogen) atoms. The van der Waals surface area contributed by atoms with Crippen LogP contribution >= 0.6 is 0 Å². The van der Waals surface area contributed by atoms with Crippen molar-refractivity contribution in [1.29, 1.82) is 0 Å². The molecule has 0 aliphatic rings. The van der Waals surface area contributed by atoms with Crippen LogP contribution in [0.5, 0.6) is 0 Å². The van der Waals surface area contributed by atoms with Crippen molar-refractivity contribution in [3.05, 3.63) is 41.7 Å². The van der Waals surface area contributed by atoms with Crippen molar-refractivity contribution in [3.8, 4) is 0 Å². The maximum atomic E-state index is 4.43. The highest BCUT2D eigenvalue weighted by molar-refractivity contribution is 5.84. The van der Waals surface area contributed by atoms with Gasteiger partial charge in [0.15, 0.2) is 0 Å². The van der Waals surface area contributed by atoms with Gasteiger partial charge >= 0.3 is 0 Å². The molecule has 1 heteroatoms. The smallest absolute Gasteiger partial charge is 0.0481 e. The van der Waals surface area contributed by atoms with E-state index < -0.39 is 0 Å². The molecule has 0 aliphatic heterocycles. The Morgan fingerprint density at radius 2 is 2.07 bits per heavy atom. The van der Waals surface area contributed by atoms with Crippen LogP contribution < -0.4 is 0 Å². The summed E-state index contributed by atoms with van der Waals surface area (Å²) in [5.41, 5.74) is 2.54. The monoisotopic (exact) mass is 185 g/mol. The minimum Gasteiger partial charge on any atom is -0.261 e. The molecule has 0 atom stereocenters. The molecular weight excluding hydrogens is 170 g/mol. The number of pyridine rings is 1. The summed E-state index contributed by atoms with van der Waals surface area (Å²) < 4.78 is 0. The van der Waals surface area contributed by atoms with Crippen LogP contribution in [0.15, 0.2) is 30.5 Å². The Hall–Kier alpha value is -1.37. The zero-order valence-corrected chi connectivity index (χ0v) is 8.75. The van der Waals surface area contributed by atoms with Crippen LogP contribution in [0.25, 0.3) is 10.8 Å². The molecule has 0 radical (unpaired) electrons. The fourth-order valence-electron chi connectivity index (χ4n) is 1.80. The third-order valence-corrected chi connectivity index (χ3v) is 2.49. The molecule has 0 N–H and O–H groups in total. The van der Waals surface area contributed by atoms with E-state index in [1.54, 1.807) is 0 Å². The number of nitrogens with zero attached hydrogens (tertiary/aromatic N) is 1. The average molecular weight is 185 g/mol. The van der Waals surface area contributed by atoms with Crippen molar-refractivity contribution in [1.82, 2.24) is 4.98 Å². The Morgan fingerprint density at radius 1 is 1.21 bits per heavy atom. The second-order valence-corrected chi connectivity index (χ2v) is 3.73. The van der Waals surface area contributed by atoms with E-state index in [9.17, 15) is 0 Å². The molecule has 1 aromatic carbocycles. The Kier molecular flexibility index (Phi) is 2.49. The minimum absolute atomic E-state index is 1.07. The largest absolute Gasteiger partial charge is 0.261 e. The number of aryl methyl sites for hydroxylation is 2. The third kappa shape index (κ3) is 1.63. The van der Waals surface area contributed by atoms with Crippen LogP contribution in [-0.2, 0) is 6.42 Å². The predicted octanol–water partition coefficient (Wildman–Crippen LogP) is 3.50. The van der Waals surface area contributed by atoms with Crippen molar-refractivity contribution in [3.63, 3.8) is 0 Å². The average Bonchev–Trinajstić information content (AvgIpc) is 2.18. The lowest BCUT2D eigenvalue weighted by Crippen LogP contribution is -1.90. The summed E-state index contributed by atoms with van der Waals surface area (Å²) >= 11 is 0. The molecule has 0 unspecified atom stereocenters. The Labute approximate surface area is 84.8 Å². The second kappa shape index (κ2) is 3.79. The fourth-order valence-corrected chi connectivity index (χ4v) is 1.80. The molecule has 1 nitrogen and oxygen atoms in total. The van der Waals surface area contributed by atoms with E-state index in [0.717, 1.165) is 12.8 Å². The van der Waals surface area contributed by atoms with Crippen LogP contribution in [0.4, 0.5) is 0 Å². The van der Waals surface area contributed by atoms with E-state index in [4.69, 9.17) is 0 Å². The molecule has 0 saturated heterocycles. The molecule has 0 saturated carbocycles. The van der Waals surface area contributed by atoms with E-state index in [0.29, 0.717) is 0 Å². The number of aromatic nitrogens is 1. The van der Waals surface area contributed by atoms with Gasteiger partial charge in [-0.1, -0.05) is 37.1 Å². The summed E-state index contributed by atoms with van der Waals surface area (Å²) in [6.45, 7) is 4.31. The standard InChI is InChI=1S/C13H15N/c1-3-4-13-12-6-5-10(2)9-11(12)7-8-14-13/h5-9H,3-4H2,1-2H3. The summed E-state index contributed by atoms with van der Waals surface area (Å²) in [6, 6.07) is 8.64. The molecule has 1 aromatic heterocycles. The highest BCUT2D eigenvalue weighted by Gasteiger charge is 2.00. The number of benzene rings is 1. The zero-order valence-electron chi connectivity index (χ0n) is 8.75. The van der Waals surface area contributed by atoms with Gasteiger partial charge in [-0.05, 0) is 24.8 Å². The van der Waals surface area contributed by atoms with Crippen molar-refractivity contribution >= 4 is 10.8 Å². The molecule has 72 valence electrons. The Morgan fingerprint density at radius 3 is 2.86 bits per heavy atom. The van der Waals surface area contributed by atoms with Crippen molar-refractivity contribution < 1.29 is 0 Å². The number of hydrogen-bond donors (Lipinski definition) is 0. The summed E-state index contributed by atoms with van der Waals surface area (Å²) in [5, 5.41) is 2.61. The van der Waals surface area contributed by atoms with E-state index in [2.05, 4.69) is 43.1 Å². The molecule has 1 heterocycles. The first-order valence-electron chi connectivity index (χ1n) is 5.15. The second-order valence-electron chi connectivity index (χ2n) is 3.73. The van der Waals surface area contributed by atoms with E-state index in [-0.39, 0.29) is 0 Å². The van der Waals surface area contributed by atoms with Crippen LogP contribution in [0.2, 0.25) is 0 Å². The zero-order chi connectivity index (χ0) is 9.97. The van der Waals surface area contributed by atoms with Gasteiger partial charge in [-0.3, -0.25) is 4.98 Å². The van der Waals surface area contributed by atoms with Crippen LogP contribution in [0.1, 0.15) is 24.6 Å². The van der Waals surface area contributed by atoms with Crippen molar-refractivity contribution in [2.45, 2.75) is 26.7 Å². The van der Waals surface area contributed by atoms with Crippen molar-refractivity contribution in [2.24, 2.45) is 0 Å². The maximum Gasteiger partial charge on any atom is 0.0481 e. The molecule has 0 bridgehead atoms. The summed E-state index contributed by atoms with van der Waals surface area (Å²) in [4.78, 5) is 4.43. The number of rotatable bonds is 2. The molecule has 0 fully saturated rings. The van der Waals surface area contributed by atoms with Gasteiger partial charge in [-0.2, -0.15) is 0 Å². The van der Waals surface area contributed by atoms with Gasteiger partial charge in [0.05, 0.1) is 0 Å². The van der Waals surface area contributed by atoms with Gasteiger partial charge in [0.2, 0.25) is 0 Å². The number of hydrogen-bond acceptors (Lipinski definition) is 1. The van der Waals surface area contributed by atoms with E-state index in [1.165, 1.54) is 22.0 Å². The van der Waals surface area contributed by atoms with Crippen LogP contribution in [0.3, 0.4) is 0 Å². The van der Waals surface area contributed by atoms with E-state index in [1.807, 2.05) is 6.20 Å². The molecule has 0 aliphatic carbocycles. The predicted molar refractivity (Wildman–Crippen MR) is 60.5 cm³/mol. The van der Waals surface area contributed by atoms with Gasteiger partial charge in [-0.25, -0.2) is 0 Å². The van der Waals surface area contributed by atoms with Crippen LogP contribution in [-0.4, -0.2) is 4.98 Å². The Balaban J connectivity index is 2.62. The SMILES string of the molecule is CCCc1nccc2cc(C)ccc12. The lowest BCUT2D eigenvalue weighted by atomic mass is 10.0. The third-order valence-electron chi connectivity index (χ3n) is 2.49. The summed E-state index contributed by atoms with van der Waals surface area (Å²) in [6.07, 6.45) is 4.13. The van der Waals surface area contributed by atoms with Gasteiger partial charge in [0, 0.05) is 17.3 Å². The van der Waals surface area contributed by atoms with Crippen LogP contribution in [0, 0.1) is 6.92 Å². The lowest BCUT2D eigenvalue weighted by molar-refractivity contribution is 0.893. The highest BCUT2D eigenvalue weighted by Crippen LogP contribution is 2.19. The molecule has 2 rings (SSSR count). The number of fused-ring (bicyclic) bond motifs is 1. The van der Waals surface area contributed by atoms with E-state index >= 15 is 0 Å². The first kappa shape index (κ1) is 9.20. The van der Waals surface area contributed by atoms with Gasteiger partial charge in [-0.15, -0.1) is 0 Å². The molecule has 0 amide bonds. The normalized spacial score (nSPS) is 10.7. The minimum atomic E-state index is 1.07. The quantitative estimate of drug-likeness (QED) is 0.697. The summed E-state index contributed by atoms with van der Waals surface area (Å²) in [7, 11) is 0. The van der Waals surface area contributed by atoms with Gasteiger partial charge < -0.3 is 0 Å². The fraction of sp³-hybridized carbons (Fsp3) is 0.308. The van der Waals surface area contributed by atoms with Gasteiger partial charge in [0.25, 0.3) is 0 Å². The molecular formula is C13H15N. The first-order valence-corrected chi connectivity index (χ1v) is 5.15. The first-order chi connectivity index (χ1) is 6.81. The lowest BCUT2D eigenvalue weighted by Gasteiger charge is -2.04. The topological polar surface area (TPSA) is 12.9 Å². The molecule has 2 aromatic rings. The van der Waals surface area contributed by atoms with Gasteiger partial charge in [0.1, 0.15) is 0 Å². The van der Waals surface area contributed by atoms with Crippen molar-refractivity contribution in [2.75, 3.05) is 0 Å². The summed E-state index contributed by atoms with van der Waals surface area (Å²) in [5.74, 6) is 0. The Bertz CT molecular complexity index is 446. The maximum absolute atomic E-state index is 4.43. The highest BCUT2D eigenvalue weighted by atomic mass is 14.7. The molecule has 0 spiro atoms.